The summed E-state index contributed by atoms with van der Waals surface area (Å²) in [6.07, 6.45) is 18.5. The van der Waals surface area contributed by atoms with E-state index >= 15 is 0 Å². The van der Waals surface area contributed by atoms with Gasteiger partial charge in [-0.15, -0.1) is 0 Å². The number of hydrogen-bond acceptors (Lipinski definition) is 3. The number of hydrogen-bond donors (Lipinski definition) is 0. The monoisotopic (exact) mass is 421 g/mol. The largest absolute Gasteiger partial charge is 0.491 e. The number of ketones is 1. The van der Waals surface area contributed by atoms with E-state index in [4.69, 9.17) is 9.15 Å². The summed E-state index contributed by atoms with van der Waals surface area (Å²) < 4.78 is 15.5. The fourth-order valence-electron chi connectivity index (χ4n) is 3.52. The van der Waals surface area contributed by atoms with E-state index < -0.39 is 0 Å². The maximum absolute atomic E-state index is 12.2. The molecule has 0 radical (unpaired) electrons. The first-order valence-corrected chi connectivity index (χ1v) is 11.1. The van der Waals surface area contributed by atoms with Gasteiger partial charge >= 0.3 is 0 Å². The Hall–Kier alpha value is -3.08. The van der Waals surface area contributed by atoms with E-state index in [1.807, 2.05) is 30.3 Å². The number of allylic oxidation sites excluding steroid dienone is 1. The Morgan fingerprint density at radius 1 is 1.13 bits per heavy atom. The lowest BCUT2D eigenvalue weighted by Crippen LogP contribution is -2.23. The van der Waals surface area contributed by atoms with Gasteiger partial charge in [0, 0.05) is 5.56 Å². The zero-order valence-corrected chi connectivity index (χ0v) is 18.6. The van der Waals surface area contributed by atoms with Gasteiger partial charge in [0.1, 0.15) is 23.9 Å². The molecule has 0 spiro atoms. The Bertz CT molecular complexity index is 939. The summed E-state index contributed by atoms with van der Waals surface area (Å²) in [6.45, 7) is 3.20. The molecule has 1 aromatic carbocycles. The second kappa shape index (κ2) is 11.9. The highest BCUT2D eigenvalue weighted by molar-refractivity contribution is 6.06. The van der Waals surface area contributed by atoms with Crippen molar-refractivity contribution in [3.8, 4) is 5.75 Å². The molecule has 0 N–H and O–H groups in total. The van der Waals surface area contributed by atoms with Gasteiger partial charge < -0.3 is 9.15 Å². The zero-order valence-electron chi connectivity index (χ0n) is 18.6. The molecule has 0 bridgehead atoms. The smallest absolute Gasteiger partial charge is 0.243 e. The quantitative estimate of drug-likeness (QED) is 0.156. The van der Waals surface area contributed by atoms with Crippen LogP contribution in [0.1, 0.15) is 61.6 Å². The SMILES string of the molecule is CC(CCCCCCCn1cc[n+](C)c1)Oc1ccc(C(=O)/C=C/c2ccco2)cc1. The fourth-order valence-corrected chi connectivity index (χ4v) is 3.52. The number of aromatic nitrogens is 2. The van der Waals surface area contributed by atoms with Gasteiger partial charge in [0.2, 0.25) is 6.33 Å². The van der Waals surface area contributed by atoms with Crippen molar-refractivity contribution in [3.63, 3.8) is 0 Å². The first kappa shape index (κ1) is 22.6. The van der Waals surface area contributed by atoms with Gasteiger partial charge in [-0.25, -0.2) is 9.13 Å². The highest BCUT2D eigenvalue weighted by Crippen LogP contribution is 2.17. The van der Waals surface area contributed by atoms with Crippen LogP contribution in [0.3, 0.4) is 0 Å². The van der Waals surface area contributed by atoms with Crippen LogP contribution < -0.4 is 9.30 Å². The number of carbonyl (C=O) groups excluding carboxylic acids is 1. The van der Waals surface area contributed by atoms with Gasteiger partial charge in [0.25, 0.3) is 0 Å². The number of rotatable bonds is 13. The third-order valence-electron chi connectivity index (χ3n) is 5.27. The van der Waals surface area contributed by atoms with Crippen LogP contribution in [0.25, 0.3) is 6.08 Å². The molecule has 31 heavy (non-hydrogen) atoms. The van der Waals surface area contributed by atoms with Crippen molar-refractivity contribution >= 4 is 11.9 Å². The number of imidazole rings is 1. The number of carbonyl (C=O) groups is 1. The van der Waals surface area contributed by atoms with Crippen LogP contribution in [0.15, 0.2) is 71.9 Å². The molecule has 0 aliphatic carbocycles. The minimum atomic E-state index is -0.0540. The molecule has 2 heterocycles. The molecule has 5 nitrogen and oxygen atoms in total. The maximum atomic E-state index is 12.2. The van der Waals surface area contributed by atoms with E-state index in [2.05, 4.69) is 41.8 Å². The highest BCUT2D eigenvalue weighted by atomic mass is 16.5. The molecule has 3 aromatic rings. The Balaban J connectivity index is 1.29. The van der Waals surface area contributed by atoms with Crippen LogP contribution in [0.4, 0.5) is 0 Å². The van der Waals surface area contributed by atoms with Crippen molar-refractivity contribution in [2.75, 3.05) is 0 Å². The lowest BCUT2D eigenvalue weighted by Gasteiger charge is -2.14. The summed E-state index contributed by atoms with van der Waals surface area (Å²) in [5, 5.41) is 0. The van der Waals surface area contributed by atoms with Gasteiger partial charge in [-0.3, -0.25) is 4.79 Å². The third kappa shape index (κ3) is 7.93. The number of nitrogens with zero attached hydrogens (tertiary/aromatic N) is 2. The van der Waals surface area contributed by atoms with E-state index in [1.54, 1.807) is 18.4 Å². The van der Waals surface area contributed by atoms with Gasteiger partial charge in [-0.1, -0.05) is 12.8 Å². The third-order valence-corrected chi connectivity index (χ3v) is 5.27. The van der Waals surface area contributed by atoms with Crippen molar-refractivity contribution in [1.82, 2.24) is 4.57 Å². The molecule has 1 atom stereocenters. The number of furan rings is 1. The van der Waals surface area contributed by atoms with Gasteiger partial charge in [-0.05, 0) is 81.2 Å². The van der Waals surface area contributed by atoms with E-state index in [1.165, 1.54) is 38.2 Å². The van der Waals surface area contributed by atoms with Crippen LogP contribution >= 0.6 is 0 Å². The summed E-state index contributed by atoms with van der Waals surface area (Å²) in [5.41, 5.74) is 0.636. The Labute approximate surface area is 185 Å². The van der Waals surface area contributed by atoms with Gasteiger partial charge in [0.15, 0.2) is 5.78 Å². The molecule has 1 unspecified atom stereocenters. The molecule has 0 amide bonds. The zero-order chi connectivity index (χ0) is 21.9. The molecule has 2 aromatic heterocycles. The fraction of sp³-hybridized carbons (Fsp3) is 0.385. The molecule has 164 valence electrons. The summed E-state index contributed by atoms with van der Waals surface area (Å²) in [6, 6.07) is 11.0. The van der Waals surface area contributed by atoms with E-state index in [-0.39, 0.29) is 11.9 Å². The maximum Gasteiger partial charge on any atom is 0.243 e. The summed E-state index contributed by atoms with van der Waals surface area (Å²) >= 11 is 0. The topological polar surface area (TPSA) is 48.2 Å². The summed E-state index contributed by atoms with van der Waals surface area (Å²) in [4.78, 5) is 12.2. The number of aryl methyl sites for hydroxylation is 2. The van der Waals surface area contributed by atoms with Gasteiger partial charge in [0.05, 0.1) is 26.0 Å². The van der Waals surface area contributed by atoms with Crippen molar-refractivity contribution < 1.29 is 18.5 Å². The second-order valence-electron chi connectivity index (χ2n) is 8.04. The summed E-state index contributed by atoms with van der Waals surface area (Å²) in [7, 11) is 2.05. The number of benzene rings is 1. The minimum Gasteiger partial charge on any atom is -0.491 e. The van der Waals surface area contributed by atoms with Crippen LogP contribution in [0, 0.1) is 0 Å². The molecule has 0 fully saturated rings. The average molecular weight is 422 g/mol. The van der Waals surface area contributed by atoms with Crippen LogP contribution in [-0.4, -0.2) is 16.5 Å². The molecule has 3 rings (SSSR count). The first-order valence-electron chi connectivity index (χ1n) is 11.1. The Morgan fingerprint density at radius 3 is 2.61 bits per heavy atom. The van der Waals surface area contributed by atoms with Gasteiger partial charge in [-0.2, -0.15) is 0 Å². The second-order valence-corrected chi connectivity index (χ2v) is 8.04. The predicted molar refractivity (Wildman–Crippen MR) is 122 cm³/mol. The van der Waals surface area contributed by atoms with Crippen LogP contribution in [-0.2, 0) is 13.6 Å². The lowest BCUT2D eigenvalue weighted by molar-refractivity contribution is -0.671. The molecule has 0 saturated heterocycles. The molecule has 5 heteroatoms. The minimum absolute atomic E-state index is 0.0540. The standard InChI is InChI=1S/C26H33N2O3/c1-22(9-6-4-3-5-7-17-28-19-18-27(2)21-28)31-25-13-11-23(12-14-25)26(29)16-15-24-10-8-20-30-24/h8,10-16,18-22H,3-7,9,17H2,1-2H3/q+1/b16-15+. The average Bonchev–Trinajstić information content (AvgIpc) is 3.43. The van der Waals surface area contributed by atoms with Crippen molar-refractivity contribution in [2.24, 2.45) is 7.05 Å². The normalized spacial score (nSPS) is 12.3. The van der Waals surface area contributed by atoms with Crippen LogP contribution in [0.2, 0.25) is 0 Å². The molecule has 0 aliphatic rings. The predicted octanol–water partition coefficient (Wildman–Crippen LogP) is 5.61. The lowest BCUT2D eigenvalue weighted by atomic mass is 10.1. The van der Waals surface area contributed by atoms with Crippen LogP contribution in [0.5, 0.6) is 5.75 Å². The van der Waals surface area contributed by atoms with E-state index in [9.17, 15) is 4.79 Å². The highest BCUT2D eigenvalue weighted by Gasteiger charge is 2.07. The Morgan fingerprint density at radius 2 is 1.90 bits per heavy atom. The van der Waals surface area contributed by atoms with Crippen molar-refractivity contribution in [1.29, 1.82) is 0 Å². The molecule has 0 saturated carbocycles. The van der Waals surface area contributed by atoms with E-state index in [0.29, 0.717) is 11.3 Å². The summed E-state index contributed by atoms with van der Waals surface area (Å²) in [5.74, 6) is 1.41. The molecular weight excluding hydrogens is 388 g/mol. The first-order chi connectivity index (χ1) is 15.1. The number of ether oxygens (including phenoxy) is 1. The Kier molecular flexibility index (Phi) is 8.71. The molecular formula is C26H33N2O3+. The van der Waals surface area contributed by atoms with E-state index in [0.717, 1.165) is 18.7 Å². The van der Waals surface area contributed by atoms with Crippen molar-refractivity contribution in [2.45, 2.75) is 58.1 Å². The molecule has 0 aliphatic heterocycles. The number of unbranched alkanes of at least 4 members (excludes halogenated alkanes) is 4. The van der Waals surface area contributed by atoms with Crippen molar-refractivity contribution in [3.05, 3.63) is 78.8 Å².